The van der Waals surface area contributed by atoms with E-state index in [0.29, 0.717) is 48.9 Å². The van der Waals surface area contributed by atoms with E-state index in [1.807, 2.05) is 12.1 Å². The zero-order chi connectivity index (χ0) is 25.1. The number of hydrogen-bond donors (Lipinski definition) is 2. The maximum Gasteiger partial charge on any atom is 0.254 e. The Hall–Kier alpha value is -3.59. The number of fused-ring (bicyclic) bond motifs is 1. The molecule has 3 aromatic rings. The van der Waals surface area contributed by atoms with Crippen molar-refractivity contribution in [2.24, 2.45) is 0 Å². The quantitative estimate of drug-likeness (QED) is 0.510. The zero-order valence-electron chi connectivity index (χ0n) is 19.5. The molecule has 36 heavy (non-hydrogen) atoms. The molecule has 1 fully saturated rings. The van der Waals surface area contributed by atoms with Gasteiger partial charge in [-0.05, 0) is 60.2 Å². The minimum absolute atomic E-state index is 0.0847. The van der Waals surface area contributed by atoms with Crippen molar-refractivity contribution in [3.8, 4) is 0 Å². The standard InChI is InChI=1S/C27H26F2N4O2S/c28-20-5-7-22(8-6-20)32-10-12-33(13-11-32)27(35)19-4-9-23-24(15-19)31-26(34)25(30-23)17-36-16-18-2-1-3-21(29)14-18/h1-9,14-15,25,30H,10-13,16-17H2,(H,31,34)/t25-/m0/s1. The molecule has 2 N–H and O–H groups in total. The van der Waals surface area contributed by atoms with Crippen LogP contribution in [0, 0.1) is 11.6 Å². The van der Waals surface area contributed by atoms with E-state index >= 15 is 0 Å². The van der Waals surface area contributed by atoms with Gasteiger partial charge in [0.1, 0.15) is 17.7 Å². The molecule has 0 bridgehead atoms. The van der Waals surface area contributed by atoms with Gasteiger partial charge in [0.2, 0.25) is 5.91 Å². The van der Waals surface area contributed by atoms with Gasteiger partial charge in [0.05, 0.1) is 11.4 Å². The second-order valence-corrected chi connectivity index (χ2v) is 9.88. The summed E-state index contributed by atoms with van der Waals surface area (Å²) in [6.07, 6.45) is 0. The number of anilines is 3. The summed E-state index contributed by atoms with van der Waals surface area (Å²) in [5.41, 5.74) is 3.68. The smallest absolute Gasteiger partial charge is 0.254 e. The Kier molecular flexibility index (Phi) is 7.09. The van der Waals surface area contributed by atoms with E-state index in [9.17, 15) is 18.4 Å². The van der Waals surface area contributed by atoms with Crippen LogP contribution in [-0.4, -0.2) is 54.7 Å². The van der Waals surface area contributed by atoms with Gasteiger partial charge in [-0.15, -0.1) is 0 Å². The van der Waals surface area contributed by atoms with Gasteiger partial charge in [0.15, 0.2) is 0 Å². The Labute approximate surface area is 212 Å². The monoisotopic (exact) mass is 508 g/mol. The van der Waals surface area contributed by atoms with E-state index in [1.165, 1.54) is 24.3 Å². The Morgan fingerprint density at radius 2 is 1.69 bits per heavy atom. The Morgan fingerprint density at radius 1 is 0.917 bits per heavy atom. The Morgan fingerprint density at radius 3 is 2.44 bits per heavy atom. The van der Waals surface area contributed by atoms with Crippen molar-refractivity contribution in [3.05, 3.63) is 89.5 Å². The van der Waals surface area contributed by atoms with Crippen LogP contribution < -0.4 is 15.5 Å². The molecular formula is C27H26F2N4O2S. The highest BCUT2D eigenvalue weighted by Crippen LogP contribution is 2.30. The number of hydrogen-bond acceptors (Lipinski definition) is 5. The highest BCUT2D eigenvalue weighted by Gasteiger charge is 2.28. The lowest BCUT2D eigenvalue weighted by Gasteiger charge is -2.36. The molecule has 1 saturated heterocycles. The number of nitrogens with one attached hydrogen (secondary N) is 2. The van der Waals surface area contributed by atoms with Gasteiger partial charge in [-0.3, -0.25) is 9.59 Å². The van der Waals surface area contributed by atoms with E-state index < -0.39 is 6.04 Å². The fraction of sp³-hybridized carbons (Fsp3) is 0.259. The summed E-state index contributed by atoms with van der Waals surface area (Å²) in [4.78, 5) is 29.7. The fourth-order valence-electron chi connectivity index (χ4n) is 4.42. The van der Waals surface area contributed by atoms with Gasteiger partial charge in [0, 0.05) is 48.9 Å². The molecule has 5 rings (SSSR count). The molecule has 2 amide bonds. The topological polar surface area (TPSA) is 64.7 Å². The molecule has 2 heterocycles. The van der Waals surface area contributed by atoms with Crippen LogP contribution in [0.2, 0.25) is 0 Å². The van der Waals surface area contributed by atoms with Gasteiger partial charge in [-0.2, -0.15) is 11.8 Å². The first-order valence-corrected chi connectivity index (χ1v) is 13.0. The summed E-state index contributed by atoms with van der Waals surface area (Å²) < 4.78 is 26.6. The summed E-state index contributed by atoms with van der Waals surface area (Å²) >= 11 is 1.55. The largest absolute Gasteiger partial charge is 0.371 e. The lowest BCUT2D eigenvalue weighted by Crippen LogP contribution is -2.48. The van der Waals surface area contributed by atoms with Gasteiger partial charge < -0.3 is 20.4 Å². The number of thioether (sulfide) groups is 1. The molecule has 1 atom stereocenters. The maximum absolute atomic E-state index is 13.4. The molecular weight excluding hydrogens is 482 g/mol. The SMILES string of the molecule is O=C1Nc2cc(C(=O)N3CCN(c4ccc(F)cc4)CC3)ccc2N[C@H]1CSCc1cccc(F)c1. The normalized spacial score (nSPS) is 17.3. The molecule has 0 unspecified atom stereocenters. The van der Waals surface area contributed by atoms with Crippen molar-refractivity contribution in [2.45, 2.75) is 11.8 Å². The number of halogens is 2. The van der Waals surface area contributed by atoms with E-state index in [-0.39, 0.29) is 23.4 Å². The molecule has 9 heteroatoms. The third-order valence-electron chi connectivity index (χ3n) is 6.37. The van der Waals surface area contributed by atoms with Crippen molar-refractivity contribution < 1.29 is 18.4 Å². The number of carbonyl (C=O) groups excluding carboxylic acids is 2. The van der Waals surface area contributed by atoms with Crippen molar-refractivity contribution >= 4 is 40.6 Å². The lowest BCUT2D eigenvalue weighted by molar-refractivity contribution is -0.116. The average molecular weight is 509 g/mol. The first kappa shape index (κ1) is 24.1. The average Bonchev–Trinajstić information content (AvgIpc) is 2.89. The Bertz CT molecular complexity index is 1260. The molecule has 2 aliphatic heterocycles. The van der Waals surface area contributed by atoms with Crippen LogP contribution >= 0.6 is 11.8 Å². The summed E-state index contributed by atoms with van der Waals surface area (Å²) in [6, 6.07) is 17.7. The van der Waals surface area contributed by atoms with Gasteiger partial charge in [0.25, 0.3) is 5.91 Å². The van der Waals surface area contributed by atoms with Crippen molar-refractivity contribution in [1.82, 2.24) is 4.90 Å². The van der Waals surface area contributed by atoms with Crippen LogP contribution in [0.1, 0.15) is 15.9 Å². The number of carbonyl (C=O) groups is 2. The van der Waals surface area contributed by atoms with Crippen LogP contribution in [-0.2, 0) is 10.5 Å². The van der Waals surface area contributed by atoms with E-state index in [2.05, 4.69) is 15.5 Å². The number of amides is 2. The molecule has 186 valence electrons. The summed E-state index contributed by atoms with van der Waals surface area (Å²) in [6.45, 7) is 2.44. The molecule has 0 aromatic heterocycles. The highest BCUT2D eigenvalue weighted by molar-refractivity contribution is 7.98. The second-order valence-electron chi connectivity index (χ2n) is 8.85. The number of nitrogens with zero attached hydrogens (tertiary/aromatic N) is 2. The second kappa shape index (κ2) is 10.6. The van der Waals surface area contributed by atoms with Crippen LogP contribution in [0.5, 0.6) is 0 Å². The van der Waals surface area contributed by atoms with E-state index in [0.717, 1.165) is 16.9 Å². The van der Waals surface area contributed by atoms with Crippen molar-refractivity contribution in [2.75, 3.05) is 47.5 Å². The van der Waals surface area contributed by atoms with Crippen molar-refractivity contribution in [1.29, 1.82) is 0 Å². The number of rotatable bonds is 6. The van der Waals surface area contributed by atoms with Crippen molar-refractivity contribution in [3.63, 3.8) is 0 Å². The van der Waals surface area contributed by atoms with Crippen LogP contribution in [0.4, 0.5) is 25.8 Å². The molecule has 6 nitrogen and oxygen atoms in total. The van der Waals surface area contributed by atoms with Gasteiger partial charge >= 0.3 is 0 Å². The summed E-state index contributed by atoms with van der Waals surface area (Å²) in [5, 5.41) is 6.17. The molecule has 0 spiro atoms. The molecule has 0 aliphatic carbocycles. The van der Waals surface area contributed by atoms with E-state index in [1.54, 1.807) is 47.0 Å². The summed E-state index contributed by atoms with van der Waals surface area (Å²) in [5.74, 6) is 0.357. The third-order valence-corrected chi connectivity index (χ3v) is 7.48. The van der Waals surface area contributed by atoms with Crippen LogP contribution in [0.15, 0.2) is 66.7 Å². The minimum atomic E-state index is -0.419. The van der Waals surface area contributed by atoms with E-state index in [4.69, 9.17) is 0 Å². The summed E-state index contributed by atoms with van der Waals surface area (Å²) in [7, 11) is 0. The maximum atomic E-state index is 13.4. The van der Waals surface area contributed by atoms with Gasteiger partial charge in [-0.25, -0.2) is 8.78 Å². The molecule has 0 saturated carbocycles. The highest BCUT2D eigenvalue weighted by atomic mass is 32.2. The van der Waals surface area contributed by atoms with Gasteiger partial charge in [-0.1, -0.05) is 12.1 Å². The Balaban J connectivity index is 1.16. The lowest BCUT2D eigenvalue weighted by atomic mass is 10.1. The fourth-order valence-corrected chi connectivity index (χ4v) is 5.42. The predicted octanol–water partition coefficient (Wildman–Crippen LogP) is 4.59. The molecule has 0 radical (unpaired) electrons. The first-order valence-electron chi connectivity index (χ1n) is 11.8. The number of piperazine rings is 1. The third kappa shape index (κ3) is 5.46. The first-order chi connectivity index (χ1) is 17.5. The predicted molar refractivity (Wildman–Crippen MR) is 140 cm³/mol. The zero-order valence-corrected chi connectivity index (χ0v) is 20.4. The van der Waals surface area contributed by atoms with Crippen LogP contribution in [0.25, 0.3) is 0 Å². The molecule has 2 aliphatic rings. The number of benzene rings is 3. The van der Waals surface area contributed by atoms with Crippen LogP contribution in [0.3, 0.4) is 0 Å². The minimum Gasteiger partial charge on any atom is -0.371 e. The molecule has 3 aromatic carbocycles.